The van der Waals surface area contributed by atoms with Crippen LogP contribution >= 0.6 is 11.3 Å². The smallest absolute Gasteiger partial charge is 0.313 e. The lowest BCUT2D eigenvalue weighted by molar-refractivity contribution is -0.146. The van der Waals surface area contributed by atoms with Crippen LogP contribution < -0.4 is 11.1 Å². The normalized spacial score (nSPS) is 21.1. The zero-order valence-corrected chi connectivity index (χ0v) is 23.4. The van der Waals surface area contributed by atoms with Crippen molar-refractivity contribution in [3.8, 4) is 0 Å². The first-order chi connectivity index (χ1) is 18.4. The molecule has 2 saturated heterocycles. The Morgan fingerprint density at radius 3 is 2.66 bits per heavy atom. The van der Waals surface area contributed by atoms with Crippen LogP contribution in [0.3, 0.4) is 0 Å². The summed E-state index contributed by atoms with van der Waals surface area (Å²) in [5, 5.41) is 3.97. The minimum Gasteiger partial charge on any atom is -0.383 e. The van der Waals surface area contributed by atoms with E-state index in [1.165, 1.54) is 15.9 Å². The molecule has 2 fully saturated rings. The van der Waals surface area contributed by atoms with E-state index >= 15 is 0 Å². The lowest BCUT2D eigenvalue weighted by Crippen LogP contribution is -2.46. The summed E-state index contributed by atoms with van der Waals surface area (Å²) < 4.78 is 1.18. The first-order valence-electron chi connectivity index (χ1n) is 13.8. The van der Waals surface area contributed by atoms with Crippen molar-refractivity contribution >= 4 is 44.9 Å². The number of rotatable bonds is 5. The molecule has 5 rings (SSSR count). The molecule has 0 saturated carbocycles. The fourth-order valence-electron chi connectivity index (χ4n) is 5.75. The summed E-state index contributed by atoms with van der Waals surface area (Å²) >= 11 is 1.80. The van der Waals surface area contributed by atoms with Crippen LogP contribution in [-0.4, -0.2) is 57.8 Å². The molecule has 9 heteroatoms. The Kier molecular flexibility index (Phi) is 7.95. The first kappa shape index (κ1) is 26.6. The Labute approximate surface area is 228 Å². The largest absolute Gasteiger partial charge is 0.383 e. The molecule has 4 heterocycles. The van der Waals surface area contributed by atoms with Crippen molar-refractivity contribution in [3.05, 3.63) is 46.6 Å². The molecule has 8 nitrogen and oxygen atoms in total. The lowest BCUT2D eigenvalue weighted by atomic mass is 9.89. The molecule has 0 spiro atoms. The number of pyridine rings is 1. The van der Waals surface area contributed by atoms with Gasteiger partial charge in [0, 0.05) is 12.5 Å². The van der Waals surface area contributed by atoms with E-state index in [2.05, 4.69) is 47.2 Å². The number of anilines is 2. The Morgan fingerprint density at radius 2 is 1.92 bits per heavy atom. The number of hydrogen-bond donors (Lipinski definition) is 2. The topological polar surface area (TPSA) is 104 Å². The Morgan fingerprint density at radius 1 is 1.13 bits per heavy atom. The quantitative estimate of drug-likeness (QED) is 0.448. The van der Waals surface area contributed by atoms with E-state index in [0.29, 0.717) is 36.3 Å². The van der Waals surface area contributed by atoms with Gasteiger partial charge < -0.3 is 20.9 Å². The summed E-state index contributed by atoms with van der Waals surface area (Å²) in [5.74, 6) is 0.128. The predicted octanol–water partition coefficient (Wildman–Crippen LogP) is 4.97. The monoisotopic (exact) mass is 534 g/mol. The van der Waals surface area contributed by atoms with Gasteiger partial charge in [0.2, 0.25) is 0 Å². The number of piperidine rings is 2. The Bertz CT molecular complexity index is 1320. The second kappa shape index (κ2) is 11.4. The highest BCUT2D eigenvalue weighted by Crippen LogP contribution is 2.38. The van der Waals surface area contributed by atoms with Crippen LogP contribution in [0.25, 0.3) is 10.2 Å². The summed E-state index contributed by atoms with van der Waals surface area (Å²) in [6.45, 7) is 10.3. The maximum atomic E-state index is 13.4. The number of hydrogen-bond acceptors (Lipinski definition) is 7. The SMILES string of the molecule is CCc1cc(NC(=O)C(=O)N2C[C@@H](C)CC[C@@H]2c2ccc3sc(C4CCN(CC)CC4)nc3c2)cnc1N. The van der Waals surface area contributed by atoms with Gasteiger partial charge in [-0.3, -0.25) is 9.59 Å². The lowest BCUT2D eigenvalue weighted by Gasteiger charge is -2.38. The minimum absolute atomic E-state index is 0.150. The summed E-state index contributed by atoms with van der Waals surface area (Å²) in [4.78, 5) is 39.9. The van der Waals surface area contributed by atoms with E-state index < -0.39 is 11.8 Å². The first-order valence-corrected chi connectivity index (χ1v) is 14.7. The molecule has 2 atom stereocenters. The highest BCUT2D eigenvalue weighted by molar-refractivity contribution is 7.18. The maximum absolute atomic E-state index is 13.4. The Hall–Kier alpha value is -3.04. The number of nitrogens with two attached hydrogens (primary N) is 1. The number of carbonyl (C=O) groups excluding carboxylic acids is 2. The number of thiazole rings is 1. The summed E-state index contributed by atoms with van der Waals surface area (Å²) in [6, 6.07) is 8.01. The molecule has 0 unspecified atom stereocenters. The van der Waals surface area contributed by atoms with Gasteiger partial charge in [0.15, 0.2) is 0 Å². The van der Waals surface area contributed by atoms with Gasteiger partial charge in [-0.25, -0.2) is 9.97 Å². The number of likely N-dealkylation sites (tertiary alicyclic amines) is 2. The van der Waals surface area contributed by atoms with Crippen molar-refractivity contribution in [2.45, 2.75) is 64.8 Å². The van der Waals surface area contributed by atoms with Gasteiger partial charge in [-0.05, 0) is 87.0 Å². The standard InChI is InChI=1S/C29H38N6O2S/c1-4-19-14-22(16-31-26(19)30)32-27(36)29(37)35-17-18(3)6-8-24(35)21-7-9-25-23(15-21)33-28(38-25)20-10-12-34(5-2)13-11-20/h7,9,14-16,18,20,24H,4-6,8,10-13,17H2,1-3H3,(H2,30,31)(H,32,36)/t18-,24+/m0/s1. The second-order valence-corrected chi connectivity index (χ2v) is 11.8. The van der Waals surface area contributed by atoms with Crippen LogP contribution in [0.15, 0.2) is 30.5 Å². The number of nitrogens with zero attached hydrogens (tertiary/aromatic N) is 4. The van der Waals surface area contributed by atoms with Gasteiger partial charge >= 0.3 is 11.8 Å². The van der Waals surface area contributed by atoms with E-state index in [0.717, 1.165) is 62.0 Å². The van der Waals surface area contributed by atoms with Gasteiger partial charge in [0.05, 0.1) is 33.2 Å². The number of benzene rings is 1. The molecule has 0 aliphatic carbocycles. The molecule has 38 heavy (non-hydrogen) atoms. The van der Waals surface area contributed by atoms with Gasteiger partial charge in [-0.1, -0.05) is 26.8 Å². The molecule has 202 valence electrons. The summed E-state index contributed by atoms with van der Waals surface area (Å²) in [7, 11) is 0. The van der Waals surface area contributed by atoms with Crippen LogP contribution in [0.1, 0.15) is 74.5 Å². The number of carbonyl (C=O) groups is 2. The van der Waals surface area contributed by atoms with E-state index in [9.17, 15) is 9.59 Å². The van der Waals surface area contributed by atoms with Gasteiger partial charge in [0.25, 0.3) is 0 Å². The van der Waals surface area contributed by atoms with Crippen LogP contribution in [0.4, 0.5) is 11.5 Å². The summed E-state index contributed by atoms with van der Waals surface area (Å²) in [5.41, 5.74) is 9.26. The van der Waals surface area contributed by atoms with Crippen molar-refractivity contribution in [3.63, 3.8) is 0 Å². The van der Waals surface area contributed by atoms with Crippen molar-refractivity contribution in [2.75, 3.05) is 37.2 Å². The molecule has 0 radical (unpaired) electrons. The third-order valence-corrected chi connectivity index (χ3v) is 9.31. The highest BCUT2D eigenvalue weighted by Gasteiger charge is 2.34. The minimum atomic E-state index is -0.645. The zero-order valence-electron chi connectivity index (χ0n) is 22.6. The van der Waals surface area contributed by atoms with Gasteiger partial charge in [-0.2, -0.15) is 0 Å². The van der Waals surface area contributed by atoms with Gasteiger partial charge in [-0.15, -0.1) is 11.3 Å². The van der Waals surface area contributed by atoms with Crippen LogP contribution in [-0.2, 0) is 16.0 Å². The fourth-order valence-corrected chi connectivity index (χ4v) is 6.87. The van der Waals surface area contributed by atoms with Crippen molar-refractivity contribution in [1.82, 2.24) is 19.8 Å². The summed E-state index contributed by atoms with van der Waals surface area (Å²) in [6.07, 6.45) is 6.33. The molecular formula is C29H38N6O2S. The molecule has 1 aromatic carbocycles. The highest BCUT2D eigenvalue weighted by atomic mass is 32.1. The third kappa shape index (κ3) is 5.54. The number of aryl methyl sites for hydroxylation is 1. The molecule has 0 bridgehead atoms. The van der Waals surface area contributed by atoms with E-state index in [-0.39, 0.29) is 6.04 Å². The van der Waals surface area contributed by atoms with Crippen LogP contribution in [0.5, 0.6) is 0 Å². The number of nitrogen functional groups attached to an aromatic ring is 1. The van der Waals surface area contributed by atoms with E-state index in [1.54, 1.807) is 22.3 Å². The Balaban J connectivity index is 1.34. The number of aromatic nitrogens is 2. The van der Waals surface area contributed by atoms with E-state index in [4.69, 9.17) is 10.7 Å². The average molecular weight is 535 g/mol. The third-order valence-electron chi connectivity index (χ3n) is 8.11. The van der Waals surface area contributed by atoms with Crippen LogP contribution in [0, 0.1) is 5.92 Å². The zero-order chi connectivity index (χ0) is 26.8. The van der Waals surface area contributed by atoms with Gasteiger partial charge in [0.1, 0.15) is 5.82 Å². The molecule has 3 aromatic rings. The number of fused-ring (bicyclic) bond motifs is 1. The van der Waals surface area contributed by atoms with Crippen molar-refractivity contribution in [1.29, 1.82) is 0 Å². The van der Waals surface area contributed by atoms with E-state index in [1.807, 2.05) is 6.92 Å². The van der Waals surface area contributed by atoms with Crippen molar-refractivity contribution < 1.29 is 9.59 Å². The molecule has 2 aromatic heterocycles. The predicted molar refractivity (Wildman–Crippen MR) is 153 cm³/mol. The van der Waals surface area contributed by atoms with Crippen molar-refractivity contribution in [2.24, 2.45) is 5.92 Å². The van der Waals surface area contributed by atoms with Crippen LogP contribution in [0.2, 0.25) is 0 Å². The molecular weight excluding hydrogens is 496 g/mol. The fraction of sp³-hybridized carbons (Fsp3) is 0.517. The second-order valence-electron chi connectivity index (χ2n) is 10.7. The number of nitrogens with one attached hydrogen (secondary N) is 1. The molecule has 2 amide bonds. The molecule has 2 aliphatic heterocycles. The maximum Gasteiger partial charge on any atom is 0.313 e. The molecule has 3 N–H and O–H groups in total. The average Bonchev–Trinajstić information content (AvgIpc) is 3.37. The molecule has 2 aliphatic rings. The number of amides is 2.